The van der Waals surface area contributed by atoms with Gasteiger partial charge in [0.25, 0.3) is 12.9 Å². The Morgan fingerprint density at radius 1 is 1.10 bits per heavy atom. The predicted octanol–water partition coefficient (Wildman–Crippen LogP) is -2.19. The first kappa shape index (κ1) is 22.3. The summed E-state index contributed by atoms with van der Waals surface area (Å²) in [5.41, 5.74) is 0. The Kier molecular flexibility index (Phi) is 14.1. The molecular formula is C8H15NaO10P. The fourth-order valence-electron chi connectivity index (χ4n) is 0.799. The predicted molar refractivity (Wildman–Crippen MR) is 63.5 cm³/mol. The van der Waals surface area contributed by atoms with Crippen molar-refractivity contribution >= 4 is 50.3 Å². The van der Waals surface area contributed by atoms with Crippen molar-refractivity contribution < 1.29 is 47.8 Å². The zero-order valence-electron chi connectivity index (χ0n) is 10.8. The Balaban J connectivity index is 0. The second kappa shape index (κ2) is 12.7. The Hall–Kier alpha value is -0.0300. The molecule has 0 aromatic heterocycles. The third-order valence-corrected chi connectivity index (χ3v) is 2.61. The molecule has 0 amide bonds. The standard InChI is InChI=1S/C8H15O10P.Na/c9-1-7(12)2-17-19(13,14)18-4-8(16-6-11)3-15-5-10;/h5-9,12H,1-4H2,(H,13,14);/t7-,8-;/m1./s1. The summed E-state index contributed by atoms with van der Waals surface area (Å²) in [7, 11) is -4.48. The summed E-state index contributed by atoms with van der Waals surface area (Å²) in [6, 6.07) is 0. The number of phosphoric acid groups is 1. The van der Waals surface area contributed by atoms with Crippen molar-refractivity contribution in [3.8, 4) is 0 Å². The molecule has 0 aromatic carbocycles. The molecule has 0 aliphatic rings. The van der Waals surface area contributed by atoms with E-state index in [1.54, 1.807) is 0 Å². The van der Waals surface area contributed by atoms with Crippen LogP contribution in [-0.4, -0.2) is 96.2 Å². The van der Waals surface area contributed by atoms with E-state index in [4.69, 9.17) is 15.1 Å². The zero-order valence-corrected chi connectivity index (χ0v) is 13.7. The van der Waals surface area contributed by atoms with Crippen molar-refractivity contribution in [2.24, 2.45) is 0 Å². The smallest absolute Gasteiger partial charge is 0.464 e. The summed E-state index contributed by atoms with van der Waals surface area (Å²) in [6.45, 7) is -2.02. The van der Waals surface area contributed by atoms with E-state index in [0.717, 1.165) is 0 Å². The van der Waals surface area contributed by atoms with Crippen LogP contribution in [0.4, 0.5) is 0 Å². The van der Waals surface area contributed by atoms with E-state index in [0.29, 0.717) is 0 Å². The number of aliphatic hydroxyl groups excluding tert-OH is 2. The van der Waals surface area contributed by atoms with E-state index in [-0.39, 0.29) is 49.1 Å². The van der Waals surface area contributed by atoms with E-state index in [1.807, 2.05) is 0 Å². The number of ether oxygens (including phenoxy) is 2. The van der Waals surface area contributed by atoms with Crippen LogP contribution in [0.1, 0.15) is 0 Å². The van der Waals surface area contributed by atoms with Crippen molar-refractivity contribution in [2.75, 3.05) is 26.4 Å². The first-order valence-electron chi connectivity index (χ1n) is 5.00. The van der Waals surface area contributed by atoms with Gasteiger partial charge in [0.05, 0.1) is 19.8 Å². The quantitative estimate of drug-likeness (QED) is 0.205. The third kappa shape index (κ3) is 11.8. The minimum Gasteiger partial charge on any atom is -0.464 e. The van der Waals surface area contributed by atoms with Crippen molar-refractivity contribution in [1.82, 2.24) is 0 Å². The Morgan fingerprint density at radius 2 is 1.70 bits per heavy atom. The van der Waals surface area contributed by atoms with Gasteiger partial charge in [-0.15, -0.1) is 0 Å². The van der Waals surface area contributed by atoms with Crippen LogP contribution in [-0.2, 0) is 32.7 Å². The van der Waals surface area contributed by atoms with Crippen LogP contribution < -0.4 is 0 Å². The average molecular weight is 325 g/mol. The minimum absolute atomic E-state index is 0. The van der Waals surface area contributed by atoms with Gasteiger partial charge in [0.2, 0.25) is 0 Å². The summed E-state index contributed by atoms with van der Waals surface area (Å²) in [6.07, 6.45) is -2.40. The van der Waals surface area contributed by atoms with Crippen LogP contribution in [0.5, 0.6) is 0 Å². The van der Waals surface area contributed by atoms with Gasteiger partial charge in [-0.2, -0.15) is 0 Å². The summed E-state index contributed by atoms with van der Waals surface area (Å²) in [5, 5.41) is 17.4. The molecule has 3 atom stereocenters. The summed E-state index contributed by atoms with van der Waals surface area (Å²) < 4.78 is 28.8. The molecule has 0 rings (SSSR count). The van der Waals surface area contributed by atoms with Gasteiger partial charge in [-0.05, 0) is 0 Å². The molecule has 1 radical (unpaired) electrons. The van der Waals surface area contributed by atoms with Gasteiger partial charge < -0.3 is 24.6 Å². The number of carbonyl (C=O) groups excluding carboxylic acids is 2. The van der Waals surface area contributed by atoms with Gasteiger partial charge in [-0.3, -0.25) is 18.6 Å². The van der Waals surface area contributed by atoms with Crippen molar-refractivity contribution in [3.63, 3.8) is 0 Å². The Bertz CT molecular complexity index is 314. The van der Waals surface area contributed by atoms with E-state index in [2.05, 4.69) is 18.5 Å². The Morgan fingerprint density at radius 3 is 2.20 bits per heavy atom. The van der Waals surface area contributed by atoms with Gasteiger partial charge in [0.1, 0.15) is 12.7 Å². The van der Waals surface area contributed by atoms with E-state index in [9.17, 15) is 14.2 Å². The fourth-order valence-corrected chi connectivity index (χ4v) is 1.59. The molecule has 0 fully saturated rings. The topological polar surface area (TPSA) is 149 Å². The van der Waals surface area contributed by atoms with Gasteiger partial charge >= 0.3 is 7.82 Å². The number of hydrogen-bond donors (Lipinski definition) is 3. The molecular weight excluding hydrogens is 310 g/mol. The van der Waals surface area contributed by atoms with Crippen molar-refractivity contribution in [2.45, 2.75) is 12.2 Å². The second-order valence-corrected chi connectivity index (χ2v) is 4.63. The van der Waals surface area contributed by atoms with Gasteiger partial charge in [0, 0.05) is 29.6 Å². The van der Waals surface area contributed by atoms with Gasteiger partial charge in [-0.25, -0.2) is 4.57 Å². The minimum atomic E-state index is -4.48. The van der Waals surface area contributed by atoms with Crippen molar-refractivity contribution in [1.29, 1.82) is 0 Å². The fraction of sp³-hybridized carbons (Fsp3) is 0.750. The molecule has 0 aliphatic heterocycles. The van der Waals surface area contributed by atoms with E-state index >= 15 is 0 Å². The molecule has 0 aliphatic carbocycles. The van der Waals surface area contributed by atoms with Crippen molar-refractivity contribution in [3.05, 3.63) is 0 Å². The van der Waals surface area contributed by atoms with E-state index in [1.165, 1.54) is 0 Å². The first-order chi connectivity index (χ1) is 8.95. The van der Waals surface area contributed by atoms with Crippen LogP contribution in [0.2, 0.25) is 0 Å². The average Bonchev–Trinajstić information content (AvgIpc) is 2.39. The summed E-state index contributed by atoms with van der Waals surface area (Å²) in [4.78, 5) is 29.2. The molecule has 0 bridgehead atoms. The van der Waals surface area contributed by atoms with Crippen LogP contribution >= 0.6 is 7.82 Å². The Labute approximate surface area is 136 Å². The maximum Gasteiger partial charge on any atom is 0.472 e. The molecule has 10 nitrogen and oxygen atoms in total. The molecule has 12 heteroatoms. The number of hydrogen-bond acceptors (Lipinski definition) is 9. The molecule has 0 saturated heterocycles. The molecule has 0 saturated carbocycles. The summed E-state index contributed by atoms with van der Waals surface area (Å²) in [5.74, 6) is 0. The maximum atomic E-state index is 11.3. The monoisotopic (exact) mass is 325 g/mol. The summed E-state index contributed by atoms with van der Waals surface area (Å²) >= 11 is 0. The third-order valence-electron chi connectivity index (χ3n) is 1.66. The zero-order chi connectivity index (χ0) is 14.7. The van der Waals surface area contributed by atoms with Crippen LogP contribution in [0.25, 0.3) is 0 Å². The van der Waals surface area contributed by atoms with Crippen LogP contribution in [0, 0.1) is 0 Å². The van der Waals surface area contributed by atoms with Crippen LogP contribution in [0.3, 0.4) is 0 Å². The number of rotatable bonds is 12. The largest absolute Gasteiger partial charge is 0.472 e. The number of phosphoric ester groups is 1. The SMILES string of the molecule is O=COC[C@H](COP(=O)(O)OC[C@H](O)CO)OC=O.[Na]. The number of aliphatic hydroxyl groups is 2. The van der Waals surface area contributed by atoms with E-state index < -0.39 is 39.9 Å². The molecule has 1 unspecified atom stereocenters. The maximum absolute atomic E-state index is 11.3. The first-order valence-corrected chi connectivity index (χ1v) is 6.50. The molecule has 3 N–H and O–H groups in total. The van der Waals surface area contributed by atoms with Gasteiger partial charge in [-0.1, -0.05) is 0 Å². The molecule has 0 aromatic rings. The second-order valence-electron chi connectivity index (χ2n) is 3.18. The number of carbonyl (C=O) groups is 2. The van der Waals surface area contributed by atoms with Crippen LogP contribution in [0.15, 0.2) is 0 Å². The van der Waals surface area contributed by atoms with Gasteiger partial charge in [0.15, 0.2) is 6.10 Å². The molecule has 20 heavy (non-hydrogen) atoms. The molecule has 113 valence electrons. The molecule has 0 heterocycles. The normalized spacial score (nSPS) is 16.1. The molecule has 0 spiro atoms.